The fraction of sp³-hybridized carbons (Fsp3) is 0.240. The first-order chi connectivity index (χ1) is 18.4. The first-order valence-corrected chi connectivity index (χ1v) is 13.2. The van der Waals surface area contributed by atoms with E-state index < -0.39 is 39.8 Å². The summed E-state index contributed by atoms with van der Waals surface area (Å²) < 4.78 is 95.5. The molecule has 0 radical (unpaired) electrons. The molecule has 8 nitrogen and oxygen atoms in total. The second-order valence-corrected chi connectivity index (χ2v) is 10.7. The van der Waals surface area contributed by atoms with E-state index in [-0.39, 0.29) is 45.5 Å². The summed E-state index contributed by atoms with van der Waals surface area (Å²) >= 11 is 0. The van der Waals surface area contributed by atoms with Crippen molar-refractivity contribution in [1.29, 1.82) is 0 Å². The van der Waals surface area contributed by atoms with E-state index in [1.807, 2.05) is 0 Å². The van der Waals surface area contributed by atoms with Crippen molar-refractivity contribution in [2.45, 2.75) is 30.3 Å². The molecule has 0 bridgehead atoms. The number of benzene rings is 2. The number of carbonyl (C=O) groups excluding carboxylic acids is 1. The van der Waals surface area contributed by atoms with Crippen molar-refractivity contribution < 1.29 is 35.2 Å². The van der Waals surface area contributed by atoms with Gasteiger partial charge in [-0.05, 0) is 49.1 Å². The third-order valence-corrected chi connectivity index (χ3v) is 7.64. The van der Waals surface area contributed by atoms with Crippen molar-refractivity contribution in [2.75, 3.05) is 11.9 Å². The molecule has 0 unspecified atom stereocenters. The van der Waals surface area contributed by atoms with Crippen molar-refractivity contribution in [1.82, 2.24) is 19.3 Å². The summed E-state index contributed by atoms with van der Waals surface area (Å²) in [5.41, 5.74) is -2.13. The van der Waals surface area contributed by atoms with Crippen molar-refractivity contribution >= 4 is 27.3 Å². The van der Waals surface area contributed by atoms with Gasteiger partial charge in [0.05, 0.1) is 23.1 Å². The van der Waals surface area contributed by atoms with Crippen LogP contribution < -0.4 is 10.0 Å². The van der Waals surface area contributed by atoms with Gasteiger partial charge in [0.15, 0.2) is 5.65 Å². The second-order valence-electron chi connectivity index (χ2n) is 8.98. The number of para-hydroxylation sites is 1. The average Bonchev–Trinajstić information content (AvgIpc) is 3.63. The Balaban J connectivity index is 1.50. The molecule has 39 heavy (non-hydrogen) atoms. The van der Waals surface area contributed by atoms with Crippen LogP contribution in [0.15, 0.2) is 65.7 Å². The summed E-state index contributed by atoms with van der Waals surface area (Å²) in [4.78, 5) is 17.2. The van der Waals surface area contributed by atoms with Crippen LogP contribution in [0.3, 0.4) is 0 Å². The highest BCUT2D eigenvalue weighted by Gasteiger charge is 2.30. The summed E-state index contributed by atoms with van der Waals surface area (Å²) in [5.74, 6) is -0.596. The molecule has 2 N–H and O–H groups in total. The van der Waals surface area contributed by atoms with Gasteiger partial charge in [0, 0.05) is 12.1 Å². The van der Waals surface area contributed by atoms with Gasteiger partial charge in [0.2, 0.25) is 10.0 Å². The molecule has 0 spiro atoms. The highest BCUT2D eigenvalue weighted by atomic mass is 32.2. The lowest BCUT2D eigenvalue weighted by atomic mass is 10.1. The Morgan fingerprint density at radius 3 is 2.41 bits per heavy atom. The molecule has 1 aliphatic carbocycles. The molecule has 2 aromatic heterocycles. The number of rotatable bonds is 8. The Kier molecular flexibility index (Phi) is 6.84. The molecule has 4 aromatic rings. The number of hydrogen-bond acceptors (Lipinski definition) is 5. The van der Waals surface area contributed by atoms with Gasteiger partial charge in [-0.25, -0.2) is 31.4 Å². The minimum absolute atomic E-state index is 0.0434. The van der Waals surface area contributed by atoms with Crippen LogP contribution in [0.1, 0.15) is 40.9 Å². The highest BCUT2D eigenvalue weighted by molar-refractivity contribution is 7.89. The second kappa shape index (κ2) is 10.0. The van der Waals surface area contributed by atoms with E-state index in [9.17, 15) is 35.2 Å². The minimum Gasteiger partial charge on any atom is -0.321 e. The van der Waals surface area contributed by atoms with Gasteiger partial charge < -0.3 is 5.32 Å². The van der Waals surface area contributed by atoms with Crippen LogP contribution in [0.25, 0.3) is 16.9 Å². The van der Waals surface area contributed by atoms with Gasteiger partial charge in [-0.3, -0.25) is 4.79 Å². The van der Waals surface area contributed by atoms with Crippen molar-refractivity contribution in [3.8, 4) is 11.3 Å². The van der Waals surface area contributed by atoms with E-state index in [2.05, 4.69) is 20.1 Å². The Labute approximate surface area is 218 Å². The minimum atomic E-state index is -4.59. The number of sulfonamides is 1. The lowest BCUT2D eigenvalue weighted by Crippen LogP contribution is -2.27. The number of fused-ring (bicyclic) bond motifs is 1. The van der Waals surface area contributed by atoms with Crippen LogP contribution in [-0.2, 0) is 16.2 Å². The monoisotopic (exact) mass is 565 g/mol. The number of alkyl halides is 5. The summed E-state index contributed by atoms with van der Waals surface area (Å²) in [6, 6.07) is 10.4. The van der Waals surface area contributed by atoms with Crippen LogP contribution in [-0.4, -0.2) is 35.5 Å². The number of anilines is 1. The fourth-order valence-corrected chi connectivity index (χ4v) is 5.18. The van der Waals surface area contributed by atoms with Crippen LogP contribution in [0, 0.1) is 5.92 Å². The van der Waals surface area contributed by atoms with E-state index in [0.717, 1.165) is 53.9 Å². The molecule has 2 aromatic carbocycles. The Morgan fingerprint density at radius 2 is 1.77 bits per heavy atom. The Bertz CT molecular complexity index is 1650. The molecule has 1 amide bonds. The van der Waals surface area contributed by atoms with Gasteiger partial charge in [-0.1, -0.05) is 24.3 Å². The van der Waals surface area contributed by atoms with Crippen molar-refractivity contribution in [3.05, 3.63) is 77.6 Å². The van der Waals surface area contributed by atoms with Gasteiger partial charge in [-0.2, -0.15) is 18.3 Å². The predicted octanol–water partition coefficient (Wildman–Crippen LogP) is 5.29. The van der Waals surface area contributed by atoms with Crippen LogP contribution >= 0.6 is 0 Å². The summed E-state index contributed by atoms with van der Waals surface area (Å²) in [5, 5.41) is 6.33. The number of nitrogens with zero attached hydrogens (tertiary/aromatic N) is 3. The van der Waals surface area contributed by atoms with E-state index in [1.54, 1.807) is 0 Å². The number of carbonyl (C=O) groups is 1. The molecule has 0 aliphatic heterocycles. The molecular weight excluding hydrogens is 545 g/mol. The van der Waals surface area contributed by atoms with Crippen molar-refractivity contribution in [2.24, 2.45) is 5.92 Å². The molecular formula is C25H20F5N5O3S. The molecule has 5 rings (SSSR count). The normalized spacial score (nSPS) is 14.2. The quantitative estimate of drug-likeness (QED) is 0.283. The summed E-state index contributed by atoms with van der Waals surface area (Å²) in [6.07, 6.45) is -4.78. The zero-order valence-electron chi connectivity index (χ0n) is 19.9. The topological polar surface area (TPSA) is 105 Å². The van der Waals surface area contributed by atoms with E-state index in [0.29, 0.717) is 0 Å². The maximum atomic E-state index is 13.9. The Hall–Kier alpha value is -3.91. The zero-order valence-corrected chi connectivity index (χ0v) is 20.7. The molecule has 2 heterocycles. The largest absolute Gasteiger partial charge is 0.416 e. The fourth-order valence-electron chi connectivity index (χ4n) is 3.90. The van der Waals surface area contributed by atoms with Gasteiger partial charge >= 0.3 is 6.18 Å². The summed E-state index contributed by atoms with van der Waals surface area (Å²) in [6.45, 7) is 0.270. The van der Waals surface area contributed by atoms with E-state index >= 15 is 0 Å². The smallest absolute Gasteiger partial charge is 0.321 e. The van der Waals surface area contributed by atoms with Crippen LogP contribution in [0.4, 0.5) is 27.6 Å². The molecule has 0 saturated heterocycles. The molecule has 1 saturated carbocycles. The Morgan fingerprint density at radius 1 is 1.08 bits per heavy atom. The maximum Gasteiger partial charge on any atom is 0.416 e. The summed E-state index contributed by atoms with van der Waals surface area (Å²) in [7, 11) is -3.96. The third-order valence-electron chi connectivity index (χ3n) is 6.16. The maximum absolute atomic E-state index is 13.9. The average molecular weight is 566 g/mol. The predicted molar refractivity (Wildman–Crippen MR) is 131 cm³/mol. The highest BCUT2D eigenvalue weighted by Crippen LogP contribution is 2.33. The SMILES string of the molecule is O=C(Nc1ccccc1S(=O)(=O)NCC1CC1)c1cnn2c(C(F)F)cc(-c3ccc(C(F)(F)F)cc3)nc12. The van der Waals surface area contributed by atoms with E-state index in [1.165, 1.54) is 24.3 Å². The van der Waals surface area contributed by atoms with Gasteiger partial charge in [0.25, 0.3) is 12.3 Å². The van der Waals surface area contributed by atoms with E-state index in [4.69, 9.17) is 0 Å². The number of amides is 1. The number of aromatic nitrogens is 3. The molecule has 204 valence electrons. The molecule has 1 fully saturated rings. The van der Waals surface area contributed by atoms with Gasteiger partial charge in [-0.15, -0.1) is 0 Å². The molecule has 1 aliphatic rings. The van der Waals surface area contributed by atoms with Crippen LogP contribution in [0.5, 0.6) is 0 Å². The third kappa shape index (κ3) is 5.61. The lowest BCUT2D eigenvalue weighted by Gasteiger charge is -2.12. The van der Waals surface area contributed by atoms with Crippen molar-refractivity contribution in [3.63, 3.8) is 0 Å². The molecule has 0 atom stereocenters. The molecule has 14 heteroatoms. The number of hydrogen-bond donors (Lipinski definition) is 2. The number of nitrogens with one attached hydrogen (secondary N) is 2. The zero-order chi connectivity index (χ0) is 27.9. The first-order valence-electron chi connectivity index (χ1n) is 11.7. The van der Waals surface area contributed by atoms with Gasteiger partial charge in [0.1, 0.15) is 16.2 Å². The van der Waals surface area contributed by atoms with Crippen LogP contribution in [0.2, 0.25) is 0 Å². The lowest BCUT2D eigenvalue weighted by molar-refractivity contribution is -0.137. The standard InChI is InChI=1S/C25H20F5N5O3S/c26-22(27)20-11-19(15-7-9-16(10-8-15)25(28,29)30)33-23-17(13-31-35(20)23)24(36)34-18-3-1-2-4-21(18)39(37,38)32-12-14-5-6-14/h1-4,7-11,13-14,22,32H,5-6,12H2,(H,34,36). The first kappa shape index (κ1) is 26.7. The number of halogens is 5.